The van der Waals surface area contributed by atoms with Crippen molar-refractivity contribution in [2.24, 2.45) is 0 Å². The second-order valence-corrected chi connectivity index (χ2v) is 9.82. The predicted molar refractivity (Wildman–Crippen MR) is 130 cm³/mol. The number of amides is 2. The van der Waals surface area contributed by atoms with Gasteiger partial charge in [-0.2, -0.15) is 0 Å². The van der Waals surface area contributed by atoms with E-state index in [-0.39, 0.29) is 18.1 Å². The van der Waals surface area contributed by atoms with Crippen molar-refractivity contribution >= 4 is 27.5 Å². The summed E-state index contributed by atoms with van der Waals surface area (Å²) < 4.78 is 45.3. The van der Waals surface area contributed by atoms with Gasteiger partial charge in [-0.25, -0.2) is 12.8 Å². The quantitative estimate of drug-likeness (QED) is 0.459. The monoisotopic (exact) mass is 493 g/mol. The zero-order chi connectivity index (χ0) is 25.3. The van der Waals surface area contributed by atoms with Crippen LogP contribution in [0.4, 0.5) is 10.1 Å². The minimum Gasteiger partial charge on any atom is -0.497 e. The van der Waals surface area contributed by atoms with Crippen LogP contribution < -0.4 is 14.4 Å². The standard InChI is InChI=1S/C24H32FN3O5S/c1-5-6-14-26-24(30)18(2)27(16-19-10-9-11-20(15-19)33-3)23(29)17-28(34(4,31)32)22-13-8-7-12-21(22)25/h7-13,15,18H,5-6,14,16-17H2,1-4H3,(H,26,30)/t18-/m0/s1. The maximum atomic E-state index is 14.4. The van der Waals surface area contributed by atoms with Gasteiger partial charge in [-0.1, -0.05) is 37.6 Å². The van der Waals surface area contributed by atoms with Crippen LogP contribution in [0.25, 0.3) is 0 Å². The third-order valence-corrected chi connectivity index (χ3v) is 6.41. The number of para-hydroxylation sites is 1. The van der Waals surface area contributed by atoms with E-state index in [2.05, 4.69) is 5.32 Å². The van der Waals surface area contributed by atoms with E-state index >= 15 is 0 Å². The summed E-state index contributed by atoms with van der Waals surface area (Å²) in [7, 11) is -2.47. The molecule has 1 N–H and O–H groups in total. The first kappa shape index (κ1) is 27.1. The molecular weight excluding hydrogens is 461 g/mol. The molecule has 0 unspecified atom stereocenters. The summed E-state index contributed by atoms with van der Waals surface area (Å²) in [5.41, 5.74) is 0.456. The predicted octanol–water partition coefficient (Wildman–Crippen LogP) is 2.93. The van der Waals surface area contributed by atoms with Gasteiger partial charge in [0, 0.05) is 13.1 Å². The van der Waals surface area contributed by atoms with Crippen LogP contribution in [0.5, 0.6) is 5.75 Å². The Labute approximate surface area is 200 Å². The molecule has 2 aromatic rings. The van der Waals surface area contributed by atoms with Crippen molar-refractivity contribution in [3.05, 3.63) is 59.9 Å². The molecule has 0 aliphatic heterocycles. The first-order valence-corrected chi connectivity index (χ1v) is 12.9. The maximum Gasteiger partial charge on any atom is 0.244 e. The summed E-state index contributed by atoms with van der Waals surface area (Å²) >= 11 is 0. The molecule has 0 saturated carbocycles. The molecule has 0 radical (unpaired) electrons. The van der Waals surface area contributed by atoms with E-state index in [4.69, 9.17) is 4.74 Å². The van der Waals surface area contributed by atoms with E-state index in [0.29, 0.717) is 22.2 Å². The van der Waals surface area contributed by atoms with E-state index < -0.39 is 34.3 Å². The number of ether oxygens (including phenoxy) is 1. The van der Waals surface area contributed by atoms with Gasteiger partial charge in [0.05, 0.1) is 19.1 Å². The summed E-state index contributed by atoms with van der Waals surface area (Å²) in [6.45, 7) is 3.42. The van der Waals surface area contributed by atoms with E-state index in [9.17, 15) is 22.4 Å². The van der Waals surface area contributed by atoms with Crippen LogP contribution >= 0.6 is 0 Å². The normalized spacial score (nSPS) is 12.0. The Balaban J connectivity index is 2.37. The van der Waals surface area contributed by atoms with Crippen LogP contribution in [-0.4, -0.2) is 57.6 Å². The number of unbranched alkanes of at least 4 members (excludes halogenated alkanes) is 1. The molecule has 186 valence electrons. The Morgan fingerprint density at radius 2 is 1.85 bits per heavy atom. The number of methoxy groups -OCH3 is 1. The summed E-state index contributed by atoms with van der Waals surface area (Å²) in [6, 6.07) is 11.4. The summed E-state index contributed by atoms with van der Waals surface area (Å²) in [4.78, 5) is 27.5. The number of nitrogens with one attached hydrogen (secondary N) is 1. The molecule has 0 aromatic heterocycles. The first-order chi connectivity index (χ1) is 16.1. The fourth-order valence-electron chi connectivity index (χ4n) is 3.33. The molecule has 10 heteroatoms. The second-order valence-electron chi connectivity index (χ2n) is 7.91. The minimum atomic E-state index is -3.99. The highest BCUT2D eigenvalue weighted by molar-refractivity contribution is 7.92. The van der Waals surface area contributed by atoms with Gasteiger partial charge in [-0.15, -0.1) is 0 Å². The molecule has 2 aromatic carbocycles. The minimum absolute atomic E-state index is 0.0350. The topological polar surface area (TPSA) is 96.0 Å². The molecule has 1 atom stereocenters. The molecule has 2 amide bonds. The van der Waals surface area contributed by atoms with Gasteiger partial charge in [0.2, 0.25) is 21.8 Å². The Morgan fingerprint density at radius 1 is 1.15 bits per heavy atom. The van der Waals surface area contributed by atoms with Gasteiger partial charge in [-0.05, 0) is 43.2 Å². The highest BCUT2D eigenvalue weighted by atomic mass is 32.2. The lowest BCUT2D eigenvalue weighted by molar-refractivity contribution is -0.139. The van der Waals surface area contributed by atoms with Crippen LogP contribution in [-0.2, 0) is 26.2 Å². The summed E-state index contributed by atoms with van der Waals surface area (Å²) in [6.07, 6.45) is 2.59. The number of carbonyl (C=O) groups excluding carboxylic acids is 2. The fourth-order valence-corrected chi connectivity index (χ4v) is 4.19. The third kappa shape index (κ3) is 7.44. The first-order valence-electron chi connectivity index (χ1n) is 11.0. The lowest BCUT2D eigenvalue weighted by Gasteiger charge is -2.31. The van der Waals surface area contributed by atoms with Gasteiger partial charge in [0.15, 0.2) is 0 Å². The van der Waals surface area contributed by atoms with Crippen molar-refractivity contribution in [2.45, 2.75) is 39.3 Å². The SMILES string of the molecule is CCCCNC(=O)[C@H](C)N(Cc1cccc(OC)c1)C(=O)CN(c1ccccc1F)S(C)(=O)=O. The number of sulfonamides is 1. The van der Waals surface area contributed by atoms with Gasteiger partial charge < -0.3 is 15.0 Å². The van der Waals surface area contributed by atoms with Gasteiger partial charge in [-0.3, -0.25) is 13.9 Å². The highest BCUT2D eigenvalue weighted by Crippen LogP contribution is 2.22. The highest BCUT2D eigenvalue weighted by Gasteiger charge is 2.30. The number of hydrogen-bond acceptors (Lipinski definition) is 5. The molecule has 0 heterocycles. The molecule has 2 rings (SSSR count). The van der Waals surface area contributed by atoms with Gasteiger partial charge in [0.1, 0.15) is 24.2 Å². The molecule has 0 saturated heterocycles. The van der Waals surface area contributed by atoms with Crippen molar-refractivity contribution in [1.82, 2.24) is 10.2 Å². The number of anilines is 1. The van der Waals surface area contributed by atoms with Crippen molar-refractivity contribution in [3.63, 3.8) is 0 Å². The maximum absolute atomic E-state index is 14.4. The van der Waals surface area contributed by atoms with Crippen LogP contribution in [0.3, 0.4) is 0 Å². The van der Waals surface area contributed by atoms with E-state index in [1.165, 1.54) is 30.2 Å². The Bertz CT molecular complexity index is 1090. The molecular formula is C24H32FN3O5S. The molecule has 0 spiro atoms. The molecule has 0 bridgehead atoms. The third-order valence-electron chi connectivity index (χ3n) is 5.28. The number of rotatable bonds is 12. The second kappa shape index (κ2) is 12.4. The number of nitrogens with zero attached hydrogens (tertiary/aromatic N) is 2. The van der Waals surface area contributed by atoms with E-state index in [1.807, 2.05) is 6.92 Å². The molecule has 8 nitrogen and oxygen atoms in total. The average molecular weight is 494 g/mol. The van der Waals surface area contributed by atoms with Crippen LogP contribution in [0.15, 0.2) is 48.5 Å². The lowest BCUT2D eigenvalue weighted by Crippen LogP contribution is -2.51. The van der Waals surface area contributed by atoms with Crippen molar-refractivity contribution in [3.8, 4) is 5.75 Å². The molecule has 0 aliphatic rings. The average Bonchev–Trinajstić information content (AvgIpc) is 2.80. The van der Waals surface area contributed by atoms with Crippen molar-refractivity contribution in [1.29, 1.82) is 0 Å². The number of halogens is 1. The van der Waals surface area contributed by atoms with E-state index in [0.717, 1.165) is 25.2 Å². The van der Waals surface area contributed by atoms with Gasteiger partial charge >= 0.3 is 0 Å². The smallest absolute Gasteiger partial charge is 0.244 e. The van der Waals surface area contributed by atoms with Crippen LogP contribution in [0.1, 0.15) is 32.3 Å². The van der Waals surface area contributed by atoms with Gasteiger partial charge in [0.25, 0.3) is 0 Å². The fraction of sp³-hybridized carbons (Fsp3) is 0.417. The molecule has 0 aliphatic carbocycles. The van der Waals surface area contributed by atoms with Crippen LogP contribution in [0, 0.1) is 5.82 Å². The van der Waals surface area contributed by atoms with Crippen molar-refractivity contribution in [2.75, 3.05) is 30.8 Å². The largest absolute Gasteiger partial charge is 0.497 e. The molecule has 0 fully saturated rings. The zero-order valence-electron chi connectivity index (χ0n) is 20.0. The lowest BCUT2D eigenvalue weighted by atomic mass is 10.1. The zero-order valence-corrected chi connectivity index (χ0v) is 20.8. The van der Waals surface area contributed by atoms with E-state index in [1.54, 1.807) is 31.2 Å². The number of carbonyl (C=O) groups is 2. The number of hydrogen-bond donors (Lipinski definition) is 1. The number of benzene rings is 2. The van der Waals surface area contributed by atoms with Crippen molar-refractivity contribution < 1.29 is 27.1 Å². The Morgan fingerprint density at radius 3 is 2.47 bits per heavy atom. The molecule has 34 heavy (non-hydrogen) atoms. The Kier molecular flexibility index (Phi) is 9.85. The summed E-state index contributed by atoms with van der Waals surface area (Å²) in [5.74, 6) is -1.20. The van der Waals surface area contributed by atoms with Crippen LogP contribution in [0.2, 0.25) is 0 Å². The Hall–Kier alpha value is -3.14. The summed E-state index contributed by atoms with van der Waals surface area (Å²) in [5, 5.41) is 2.80.